The highest BCUT2D eigenvalue weighted by atomic mass is 16.3. The number of anilines is 1. The number of fused-ring (bicyclic) bond motifs is 1. The van der Waals surface area contributed by atoms with Crippen molar-refractivity contribution in [3.05, 3.63) is 18.6 Å². The topological polar surface area (TPSA) is 124 Å². The van der Waals surface area contributed by atoms with Gasteiger partial charge in [-0.25, -0.2) is 9.97 Å². The molecule has 0 spiro atoms. The van der Waals surface area contributed by atoms with Crippen LogP contribution in [-0.4, -0.2) is 69.5 Å². The van der Waals surface area contributed by atoms with Crippen molar-refractivity contribution in [2.45, 2.75) is 37.5 Å². The van der Waals surface area contributed by atoms with Gasteiger partial charge < -0.3 is 30.7 Å². The molecule has 0 radical (unpaired) electrons. The average molecular weight is 388 g/mol. The summed E-state index contributed by atoms with van der Waals surface area (Å²) >= 11 is 0. The zero-order valence-electron chi connectivity index (χ0n) is 16.0. The van der Waals surface area contributed by atoms with Gasteiger partial charge in [-0.15, -0.1) is 0 Å². The standard InChI is InChI=1S/C19H28N6O3/c1-20-17-13-4-6-25(18(13)24-10-23-17)14-7-12(15(26)16(14)27)9-22-19(28)11-3-2-5-21-8-11/h4,6,10-12,14-16,21,26-27H,2-3,5,7-9H2,1H3,(H,22,28)(H,20,23,24)/t11?,12-,14-,15-,16+/m1/s1. The zero-order chi connectivity index (χ0) is 19.7. The molecule has 2 fully saturated rings. The summed E-state index contributed by atoms with van der Waals surface area (Å²) in [4.78, 5) is 20.9. The van der Waals surface area contributed by atoms with Crippen LogP contribution in [0.25, 0.3) is 11.0 Å². The lowest BCUT2D eigenvalue weighted by atomic mass is 9.98. The van der Waals surface area contributed by atoms with Gasteiger partial charge in [-0.2, -0.15) is 0 Å². The van der Waals surface area contributed by atoms with Gasteiger partial charge in [0.25, 0.3) is 0 Å². The molecule has 9 nitrogen and oxygen atoms in total. The fourth-order valence-electron chi connectivity index (χ4n) is 4.47. The van der Waals surface area contributed by atoms with Crippen LogP contribution in [0.4, 0.5) is 5.82 Å². The molecule has 2 aliphatic rings. The number of nitrogens with one attached hydrogen (secondary N) is 3. The number of aliphatic hydroxyl groups is 2. The van der Waals surface area contributed by atoms with E-state index in [0.717, 1.165) is 30.6 Å². The molecule has 28 heavy (non-hydrogen) atoms. The maximum Gasteiger partial charge on any atom is 0.224 e. The third-order valence-electron chi connectivity index (χ3n) is 6.08. The monoisotopic (exact) mass is 388 g/mol. The molecule has 1 saturated heterocycles. The van der Waals surface area contributed by atoms with E-state index in [1.807, 2.05) is 16.8 Å². The van der Waals surface area contributed by atoms with Crippen molar-refractivity contribution in [2.24, 2.45) is 11.8 Å². The van der Waals surface area contributed by atoms with Gasteiger partial charge in [0, 0.05) is 32.3 Å². The van der Waals surface area contributed by atoms with E-state index in [1.54, 1.807) is 7.05 Å². The summed E-state index contributed by atoms with van der Waals surface area (Å²) in [6, 6.07) is 1.61. The van der Waals surface area contributed by atoms with E-state index in [0.29, 0.717) is 25.2 Å². The van der Waals surface area contributed by atoms with Crippen LogP contribution in [0, 0.1) is 11.8 Å². The van der Waals surface area contributed by atoms with Crippen LogP contribution in [0.1, 0.15) is 25.3 Å². The van der Waals surface area contributed by atoms with Crippen LogP contribution in [-0.2, 0) is 4.79 Å². The molecule has 1 aliphatic heterocycles. The lowest BCUT2D eigenvalue weighted by molar-refractivity contribution is -0.125. The molecule has 2 aromatic heterocycles. The minimum Gasteiger partial charge on any atom is -0.390 e. The number of piperidine rings is 1. The van der Waals surface area contributed by atoms with E-state index >= 15 is 0 Å². The Morgan fingerprint density at radius 3 is 2.96 bits per heavy atom. The molecule has 3 heterocycles. The second-order valence-corrected chi connectivity index (χ2v) is 7.77. The number of aliphatic hydroxyl groups excluding tert-OH is 2. The predicted octanol–water partition coefficient (Wildman–Crippen LogP) is -0.128. The van der Waals surface area contributed by atoms with Crippen LogP contribution in [0.5, 0.6) is 0 Å². The average Bonchev–Trinajstić information content (AvgIpc) is 3.28. The van der Waals surface area contributed by atoms with Gasteiger partial charge in [-0.3, -0.25) is 4.79 Å². The molecular weight excluding hydrogens is 360 g/mol. The first-order valence-corrected chi connectivity index (χ1v) is 9.94. The van der Waals surface area contributed by atoms with Crippen molar-refractivity contribution in [2.75, 3.05) is 32.0 Å². The Morgan fingerprint density at radius 2 is 2.21 bits per heavy atom. The van der Waals surface area contributed by atoms with Gasteiger partial charge in [0.2, 0.25) is 5.91 Å². The van der Waals surface area contributed by atoms with E-state index in [9.17, 15) is 15.0 Å². The van der Waals surface area contributed by atoms with Crippen molar-refractivity contribution in [3.8, 4) is 0 Å². The van der Waals surface area contributed by atoms with Gasteiger partial charge in [0.15, 0.2) is 0 Å². The molecular formula is C19H28N6O3. The summed E-state index contributed by atoms with van der Waals surface area (Å²) in [6.45, 7) is 2.02. The van der Waals surface area contributed by atoms with Crippen LogP contribution in [0.3, 0.4) is 0 Å². The highest BCUT2D eigenvalue weighted by molar-refractivity contribution is 5.87. The quantitative estimate of drug-likeness (QED) is 0.483. The lowest BCUT2D eigenvalue weighted by Crippen LogP contribution is -2.43. The second kappa shape index (κ2) is 8.02. The Kier molecular flexibility index (Phi) is 5.47. The molecule has 152 valence electrons. The molecule has 0 aromatic carbocycles. The highest BCUT2D eigenvalue weighted by Gasteiger charge is 2.43. The first kappa shape index (κ1) is 19.1. The van der Waals surface area contributed by atoms with Crippen LogP contribution in [0.2, 0.25) is 0 Å². The van der Waals surface area contributed by atoms with Crippen molar-refractivity contribution >= 4 is 22.8 Å². The first-order chi connectivity index (χ1) is 13.6. The summed E-state index contributed by atoms with van der Waals surface area (Å²) in [5.74, 6) is 0.526. The molecule has 2 aromatic rings. The second-order valence-electron chi connectivity index (χ2n) is 7.77. The largest absolute Gasteiger partial charge is 0.390 e. The SMILES string of the molecule is CNc1ncnc2c1ccn2[C@@H]1C[C@H](CNC(=O)C2CCCNC2)[C@@H](O)[C@H]1O. The van der Waals surface area contributed by atoms with Crippen LogP contribution in [0.15, 0.2) is 18.6 Å². The number of hydrogen-bond donors (Lipinski definition) is 5. The van der Waals surface area contributed by atoms with Gasteiger partial charge in [0.1, 0.15) is 23.9 Å². The van der Waals surface area contributed by atoms with Crippen molar-refractivity contribution < 1.29 is 15.0 Å². The zero-order valence-corrected chi connectivity index (χ0v) is 16.0. The van der Waals surface area contributed by atoms with Gasteiger partial charge in [-0.05, 0) is 31.9 Å². The Hall–Kier alpha value is -2.23. The Labute approximate surface area is 163 Å². The Bertz CT molecular complexity index is 834. The normalized spacial score (nSPS) is 30.5. The molecule has 9 heteroatoms. The summed E-state index contributed by atoms with van der Waals surface area (Å²) in [6.07, 6.45) is 4.00. The molecule has 5 atom stereocenters. The third kappa shape index (κ3) is 3.45. The summed E-state index contributed by atoms with van der Waals surface area (Å²) < 4.78 is 1.90. The lowest BCUT2D eigenvalue weighted by Gasteiger charge is -2.23. The third-order valence-corrected chi connectivity index (χ3v) is 6.08. The fourth-order valence-corrected chi connectivity index (χ4v) is 4.47. The number of amides is 1. The Balaban J connectivity index is 1.45. The predicted molar refractivity (Wildman–Crippen MR) is 105 cm³/mol. The fraction of sp³-hybridized carbons (Fsp3) is 0.632. The molecule has 0 bridgehead atoms. The number of hydrogen-bond acceptors (Lipinski definition) is 7. The maximum atomic E-state index is 12.4. The molecule has 4 rings (SSSR count). The minimum absolute atomic E-state index is 0.0157. The number of rotatable bonds is 5. The van der Waals surface area contributed by atoms with Crippen LogP contribution < -0.4 is 16.0 Å². The van der Waals surface area contributed by atoms with E-state index < -0.39 is 12.2 Å². The van der Waals surface area contributed by atoms with E-state index in [1.165, 1.54) is 6.33 Å². The number of carbonyl (C=O) groups is 1. The van der Waals surface area contributed by atoms with Gasteiger partial charge >= 0.3 is 0 Å². The van der Waals surface area contributed by atoms with Crippen molar-refractivity contribution in [1.82, 2.24) is 25.2 Å². The van der Waals surface area contributed by atoms with Crippen molar-refractivity contribution in [3.63, 3.8) is 0 Å². The summed E-state index contributed by atoms with van der Waals surface area (Å²) in [5, 5.41) is 31.3. The first-order valence-electron chi connectivity index (χ1n) is 9.94. The van der Waals surface area contributed by atoms with Gasteiger partial charge in [-0.1, -0.05) is 0 Å². The number of carbonyl (C=O) groups excluding carboxylic acids is 1. The number of aromatic nitrogens is 3. The van der Waals surface area contributed by atoms with Crippen molar-refractivity contribution in [1.29, 1.82) is 0 Å². The van der Waals surface area contributed by atoms with E-state index in [4.69, 9.17) is 0 Å². The maximum absolute atomic E-state index is 12.4. The van der Waals surface area contributed by atoms with E-state index in [-0.39, 0.29) is 23.8 Å². The molecule has 1 saturated carbocycles. The minimum atomic E-state index is -0.915. The number of nitrogens with zero attached hydrogens (tertiary/aromatic N) is 3. The Morgan fingerprint density at radius 1 is 1.36 bits per heavy atom. The summed E-state index contributed by atoms with van der Waals surface area (Å²) in [7, 11) is 1.80. The molecule has 1 unspecified atom stereocenters. The molecule has 1 aliphatic carbocycles. The summed E-state index contributed by atoms with van der Waals surface area (Å²) in [5.41, 5.74) is 0.716. The molecule has 5 N–H and O–H groups in total. The van der Waals surface area contributed by atoms with E-state index in [2.05, 4.69) is 25.9 Å². The van der Waals surface area contributed by atoms with Crippen LogP contribution >= 0.6 is 0 Å². The highest BCUT2D eigenvalue weighted by Crippen LogP contribution is 2.37. The molecule has 1 amide bonds. The smallest absolute Gasteiger partial charge is 0.224 e. The van der Waals surface area contributed by atoms with Gasteiger partial charge in [0.05, 0.1) is 23.4 Å².